The van der Waals surface area contributed by atoms with Gasteiger partial charge in [-0.05, 0) is 53.8 Å². The van der Waals surface area contributed by atoms with E-state index in [4.69, 9.17) is 23.2 Å². The Balaban J connectivity index is 1.58. The highest BCUT2D eigenvalue weighted by molar-refractivity contribution is 7.99. The number of nitrogens with one attached hydrogen (secondary N) is 1. The molecule has 38 heavy (non-hydrogen) atoms. The number of rotatable bonds is 11. The first-order chi connectivity index (χ1) is 18.4. The van der Waals surface area contributed by atoms with Gasteiger partial charge in [0.1, 0.15) is 11.9 Å². The maximum atomic E-state index is 13.7. The van der Waals surface area contributed by atoms with Crippen LogP contribution in [0.2, 0.25) is 10.0 Å². The zero-order chi connectivity index (χ0) is 26.9. The third kappa shape index (κ3) is 8.23. The molecule has 0 bridgehead atoms. The van der Waals surface area contributed by atoms with Gasteiger partial charge in [0, 0.05) is 34.8 Å². The molecule has 200 valence electrons. The molecule has 2 amide bonds. The van der Waals surface area contributed by atoms with E-state index in [2.05, 4.69) is 5.32 Å². The lowest BCUT2D eigenvalue weighted by atomic mass is 10.0. The molecule has 1 aliphatic carbocycles. The summed E-state index contributed by atoms with van der Waals surface area (Å²) >= 11 is 14.0. The van der Waals surface area contributed by atoms with Gasteiger partial charge in [0.15, 0.2) is 0 Å². The Labute approximate surface area is 237 Å². The Bertz CT molecular complexity index is 1220. The third-order valence-corrected chi connectivity index (χ3v) is 8.31. The fraction of sp³-hybridized carbons (Fsp3) is 0.333. The molecule has 0 spiro atoms. The van der Waals surface area contributed by atoms with Crippen LogP contribution < -0.4 is 5.32 Å². The molecule has 8 heteroatoms. The van der Waals surface area contributed by atoms with E-state index in [9.17, 15) is 14.0 Å². The average Bonchev–Trinajstić information content (AvgIpc) is 3.42. The van der Waals surface area contributed by atoms with Crippen LogP contribution in [-0.2, 0) is 28.3 Å². The number of hydrogen-bond acceptors (Lipinski definition) is 3. The van der Waals surface area contributed by atoms with Gasteiger partial charge in [0.25, 0.3) is 0 Å². The third-order valence-electron chi connectivity index (χ3n) is 6.74. The summed E-state index contributed by atoms with van der Waals surface area (Å²) in [5.74, 6) is 0.121. The highest BCUT2D eigenvalue weighted by Gasteiger charge is 2.32. The van der Waals surface area contributed by atoms with Crippen molar-refractivity contribution >= 4 is 46.8 Å². The van der Waals surface area contributed by atoms with Crippen molar-refractivity contribution < 1.29 is 14.0 Å². The van der Waals surface area contributed by atoms with Gasteiger partial charge in [-0.1, -0.05) is 84.6 Å². The van der Waals surface area contributed by atoms with Gasteiger partial charge in [-0.3, -0.25) is 9.59 Å². The fourth-order valence-corrected chi connectivity index (χ4v) is 6.01. The maximum absolute atomic E-state index is 13.7. The van der Waals surface area contributed by atoms with E-state index in [0.29, 0.717) is 22.2 Å². The lowest BCUT2D eigenvalue weighted by Crippen LogP contribution is -2.52. The van der Waals surface area contributed by atoms with E-state index in [1.54, 1.807) is 35.2 Å². The Hall–Kier alpha value is -2.54. The first-order valence-electron chi connectivity index (χ1n) is 12.8. The number of halogens is 3. The van der Waals surface area contributed by atoms with Crippen LogP contribution in [0.15, 0.2) is 72.8 Å². The topological polar surface area (TPSA) is 49.4 Å². The van der Waals surface area contributed by atoms with Crippen LogP contribution in [-0.4, -0.2) is 34.6 Å². The van der Waals surface area contributed by atoms with Gasteiger partial charge < -0.3 is 10.2 Å². The lowest BCUT2D eigenvalue weighted by molar-refractivity contribution is -0.139. The van der Waals surface area contributed by atoms with Gasteiger partial charge in [-0.15, -0.1) is 11.8 Å². The van der Waals surface area contributed by atoms with Crippen molar-refractivity contribution in [3.8, 4) is 0 Å². The molecule has 0 saturated heterocycles. The molecule has 1 fully saturated rings. The second-order valence-corrected chi connectivity index (χ2v) is 11.4. The summed E-state index contributed by atoms with van der Waals surface area (Å²) in [4.78, 5) is 29.1. The van der Waals surface area contributed by atoms with Crippen LogP contribution in [0.1, 0.15) is 42.4 Å². The summed E-state index contributed by atoms with van der Waals surface area (Å²) < 4.78 is 13.3. The molecular weight excluding hydrogens is 542 g/mol. The van der Waals surface area contributed by atoms with Crippen molar-refractivity contribution in [2.75, 3.05) is 5.75 Å². The molecule has 3 aromatic carbocycles. The van der Waals surface area contributed by atoms with Gasteiger partial charge in [0.05, 0.1) is 5.75 Å². The standard InChI is InChI=1S/C30H31Cl2FN2O2S/c31-24-13-12-23(27(32)17-24)18-35(29(36)20-38-19-22-10-14-25(33)15-11-22)28(16-21-6-2-1-3-7-21)30(37)34-26-8-4-5-9-26/h1-3,6-7,10-15,17,26,28H,4-5,8-9,16,18-20H2,(H,34,37). The number of amides is 2. The molecule has 4 nitrogen and oxygen atoms in total. The molecule has 0 radical (unpaired) electrons. The minimum absolute atomic E-state index is 0.129. The Morgan fingerprint density at radius 2 is 1.68 bits per heavy atom. The van der Waals surface area contributed by atoms with Crippen LogP contribution in [0, 0.1) is 5.82 Å². The molecule has 0 aromatic heterocycles. The summed E-state index contributed by atoms with van der Waals surface area (Å²) in [6.07, 6.45) is 4.48. The van der Waals surface area contributed by atoms with Crippen LogP contribution in [0.25, 0.3) is 0 Å². The largest absolute Gasteiger partial charge is 0.352 e. The second kappa shape index (κ2) is 14.0. The molecule has 0 aliphatic heterocycles. The summed E-state index contributed by atoms with van der Waals surface area (Å²) in [5.41, 5.74) is 2.62. The zero-order valence-electron chi connectivity index (χ0n) is 21.0. The van der Waals surface area contributed by atoms with Gasteiger partial charge >= 0.3 is 0 Å². The maximum Gasteiger partial charge on any atom is 0.243 e. The van der Waals surface area contributed by atoms with E-state index in [1.165, 1.54) is 23.9 Å². The van der Waals surface area contributed by atoms with E-state index in [0.717, 1.165) is 42.4 Å². The monoisotopic (exact) mass is 572 g/mol. The van der Waals surface area contributed by atoms with Crippen molar-refractivity contribution in [3.63, 3.8) is 0 Å². The Morgan fingerprint density at radius 3 is 2.37 bits per heavy atom. The molecule has 1 saturated carbocycles. The Morgan fingerprint density at radius 1 is 0.974 bits per heavy atom. The second-order valence-electron chi connectivity index (χ2n) is 9.57. The first kappa shape index (κ1) is 28.5. The SMILES string of the molecule is O=C(NC1CCCC1)C(Cc1ccccc1)N(Cc1ccc(Cl)cc1Cl)C(=O)CSCc1ccc(F)cc1. The number of nitrogens with zero attached hydrogens (tertiary/aromatic N) is 1. The number of carbonyl (C=O) groups is 2. The predicted molar refractivity (Wildman–Crippen MR) is 154 cm³/mol. The average molecular weight is 574 g/mol. The first-order valence-corrected chi connectivity index (χ1v) is 14.7. The summed E-state index contributed by atoms with van der Waals surface area (Å²) in [7, 11) is 0. The summed E-state index contributed by atoms with van der Waals surface area (Å²) in [6.45, 7) is 0.182. The van der Waals surface area contributed by atoms with Gasteiger partial charge in [0.2, 0.25) is 11.8 Å². The summed E-state index contributed by atoms with van der Waals surface area (Å²) in [5, 5.41) is 4.16. The molecule has 0 heterocycles. The van der Waals surface area contributed by atoms with Crippen LogP contribution in [0.5, 0.6) is 0 Å². The van der Waals surface area contributed by atoms with Crippen molar-refractivity contribution in [1.29, 1.82) is 0 Å². The van der Waals surface area contributed by atoms with E-state index in [1.807, 2.05) is 30.3 Å². The van der Waals surface area contributed by atoms with Crippen molar-refractivity contribution in [3.05, 3.63) is 105 Å². The minimum Gasteiger partial charge on any atom is -0.352 e. The zero-order valence-corrected chi connectivity index (χ0v) is 23.4. The molecule has 1 unspecified atom stereocenters. The Kier molecular flexibility index (Phi) is 10.5. The van der Waals surface area contributed by atoms with Crippen LogP contribution in [0.3, 0.4) is 0 Å². The minimum atomic E-state index is -0.705. The molecular formula is C30H31Cl2FN2O2S. The molecule has 1 aliphatic rings. The molecule has 1 N–H and O–H groups in total. The normalized spacial score (nSPS) is 14.3. The van der Waals surface area contributed by atoms with Gasteiger partial charge in [-0.2, -0.15) is 0 Å². The van der Waals surface area contributed by atoms with E-state index in [-0.39, 0.29) is 36.0 Å². The molecule has 4 rings (SSSR count). The van der Waals surface area contributed by atoms with Crippen molar-refractivity contribution in [1.82, 2.24) is 10.2 Å². The van der Waals surface area contributed by atoms with Crippen molar-refractivity contribution in [2.45, 2.75) is 56.5 Å². The quantitative estimate of drug-likeness (QED) is 0.267. The lowest BCUT2D eigenvalue weighted by Gasteiger charge is -2.32. The highest BCUT2D eigenvalue weighted by atomic mass is 35.5. The smallest absolute Gasteiger partial charge is 0.243 e. The fourth-order valence-electron chi connectivity index (χ4n) is 4.67. The molecule has 3 aromatic rings. The number of carbonyl (C=O) groups excluding carboxylic acids is 2. The van der Waals surface area contributed by atoms with Crippen LogP contribution >= 0.6 is 35.0 Å². The van der Waals surface area contributed by atoms with E-state index < -0.39 is 6.04 Å². The number of benzene rings is 3. The molecule has 1 atom stereocenters. The van der Waals surface area contributed by atoms with Crippen molar-refractivity contribution in [2.24, 2.45) is 0 Å². The highest BCUT2D eigenvalue weighted by Crippen LogP contribution is 2.26. The number of thioether (sulfide) groups is 1. The predicted octanol–water partition coefficient (Wildman–Crippen LogP) is 7.06. The number of hydrogen-bond donors (Lipinski definition) is 1. The summed E-state index contributed by atoms with van der Waals surface area (Å²) in [6, 6.07) is 20.6. The van der Waals surface area contributed by atoms with Gasteiger partial charge in [-0.25, -0.2) is 4.39 Å². The van der Waals surface area contributed by atoms with E-state index >= 15 is 0 Å². The van der Waals surface area contributed by atoms with Crippen LogP contribution in [0.4, 0.5) is 4.39 Å².